The fourth-order valence-corrected chi connectivity index (χ4v) is 2.33. The quantitative estimate of drug-likeness (QED) is 0.460. The van der Waals surface area contributed by atoms with Gasteiger partial charge in [-0.15, -0.1) is 0 Å². The topological polar surface area (TPSA) is 38.0 Å². The van der Waals surface area contributed by atoms with Gasteiger partial charge in [-0.1, -0.05) is 19.1 Å². The van der Waals surface area contributed by atoms with Gasteiger partial charge in [-0.2, -0.15) is 11.8 Å². The van der Waals surface area contributed by atoms with Crippen molar-refractivity contribution in [2.75, 3.05) is 11.5 Å². The summed E-state index contributed by atoms with van der Waals surface area (Å²) in [6, 6.07) is 3.79. The minimum absolute atomic E-state index is 0.283. The number of halogens is 2. The van der Waals surface area contributed by atoms with Gasteiger partial charge in [0.2, 0.25) is 0 Å². The summed E-state index contributed by atoms with van der Waals surface area (Å²) in [6.07, 6.45) is 1.05. The van der Waals surface area contributed by atoms with E-state index in [1.54, 1.807) is 17.8 Å². The lowest BCUT2D eigenvalue weighted by Gasteiger charge is -2.16. The second-order valence-corrected chi connectivity index (χ2v) is 4.59. The maximum Gasteiger partial charge on any atom is 0.163 e. The van der Waals surface area contributed by atoms with Crippen LogP contribution in [-0.2, 0) is 0 Å². The lowest BCUT2D eigenvalue weighted by Crippen LogP contribution is -2.30. The zero-order chi connectivity index (χ0) is 12.0. The van der Waals surface area contributed by atoms with Crippen LogP contribution >= 0.6 is 11.8 Å². The van der Waals surface area contributed by atoms with Crippen molar-refractivity contribution in [2.45, 2.75) is 19.4 Å². The Bertz CT molecular complexity index is 334. The lowest BCUT2D eigenvalue weighted by molar-refractivity contribution is 0.478. The van der Waals surface area contributed by atoms with Gasteiger partial charge in [0.05, 0.1) is 6.04 Å². The summed E-state index contributed by atoms with van der Waals surface area (Å²) >= 11 is 1.66. The van der Waals surface area contributed by atoms with Crippen LogP contribution in [0.4, 0.5) is 8.78 Å². The van der Waals surface area contributed by atoms with Crippen molar-refractivity contribution < 1.29 is 8.78 Å². The van der Waals surface area contributed by atoms with Crippen molar-refractivity contribution in [3.05, 3.63) is 35.4 Å². The summed E-state index contributed by atoms with van der Waals surface area (Å²) in [4.78, 5) is 0. The molecule has 0 fully saturated rings. The highest BCUT2D eigenvalue weighted by molar-refractivity contribution is 7.99. The zero-order valence-electron chi connectivity index (χ0n) is 9.17. The molecular formula is C11H16F2N2S. The monoisotopic (exact) mass is 246 g/mol. The van der Waals surface area contributed by atoms with Gasteiger partial charge >= 0.3 is 0 Å². The first-order chi connectivity index (χ1) is 7.70. The van der Waals surface area contributed by atoms with Crippen molar-refractivity contribution in [3.63, 3.8) is 0 Å². The molecule has 1 aromatic carbocycles. The van der Waals surface area contributed by atoms with E-state index in [2.05, 4.69) is 12.3 Å². The molecule has 5 heteroatoms. The van der Waals surface area contributed by atoms with Crippen molar-refractivity contribution in [1.82, 2.24) is 5.43 Å². The third-order valence-corrected chi connectivity index (χ3v) is 3.46. The fourth-order valence-electron chi connectivity index (χ4n) is 1.36. The molecule has 3 N–H and O–H groups in total. The lowest BCUT2D eigenvalue weighted by atomic mass is 10.1. The van der Waals surface area contributed by atoms with Gasteiger partial charge in [-0.3, -0.25) is 11.3 Å². The molecule has 0 aromatic heterocycles. The molecule has 1 rings (SSSR count). The standard InChI is InChI=1S/C11H16F2N2S/c1-2-6-16-7-10(15-14)8-4-3-5-9(12)11(8)13/h3-5,10,15H,2,6-7,14H2,1H3. The minimum atomic E-state index is -0.835. The molecule has 0 bridgehead atoms. The third kappa shape index (κ3) is 3.43. The molecule has 90 valence electrons. The molecule has 0 heterocycles. The molecule has 0 aliphatic heterocycles. The second kappa shape index (κ2) is 6.83. The van der Waals surface area contributed by atoms with E-state index >= 15 is 0 Å². The first kappa shape index (κ1) is 13.4. The Labute approximate surface area is 98.6 Å². The summed E-state index contributed by atoms with van der Waals surface area (Å²) in [7, 11) is 0. The molecule has 0 aliphatic rings. The van der Waals surface area contributed by atoms with Crippen LogP contribution in [0.1, 0.15) is 24.9 Å². The molecule has 2 nitrogen and oxygen atoms in total. The molecule has 0 radical (unpaired) electrons. The van der Waals surface area contributed by atoms with Crippen LogP contribution in [0.5, 0.6) is 0 Å². The van der Waals surface area contributed by atoms with Gasteiger partial charge in [0.1, 0.15) is 0 Å². The molecule has 0 saturated heterocycles. The van der Waals surface area contributed by atoms with E-state index in [-0.39, 0.29) is 11.6 Å². The number of hydrogen-bond donors (Lipinski definition) is 2. The van der Waals surface area contributed by atoms with E-state index in [9.17, 15) is 8.78 Å². The Morgan fingerprint density at radius 2 is 2.19 bits per heavy atom. The number of nitrogens with two attached hydrogens (primary N) is 1. The number of rotatable bonds is 6. The Balaban J connectivity index is 2.74. The van der Waals surface area contributed by atoms with Crippen LogP contribution < -0.4 is 11.3 Å². The number of hydrogen-bond acceptors (Lipinski definition) is 3. The molecule has 16 heavy (non-hydrogen) atoms. The number of nitrogens with one attached hydrogen (secondary N) is 1. The summed E-state index contributed by atoms with van der Waals surface area (Å²) in [6.45, 7) is 2.07. The van der Waals surface area contributed by atoms with Crippen molar-refractivity contribution in [1.29, 1.82) is 0 Å². The SMILES string of the molecule is CCCSCC(NN)c1cccc(F)c1F. The van der Waals surface area contributed by atoms with Crippen LogP contribution in [0.25, 0.3) is 0 Å². The summed E-state index contributed by atoms with van der Waals surface area (Å²) in [5.41, 5.74) is 2.80. The Morgan fingerprint density at radius 1 is 1.44 bits per heavy atom. The van der Waals surface area contributed by atoms with Gasteiger partial charge in [0.15, 0.2) is 11.6 Å². The molecule has 0 aliphatic carbocycles. The number of thioether (sulfide) groups is 1. The molecule has 1 aromatic rings. The van der Waals surface area contributed by atoms with Crippen LogP contribution in [0, 0.1) is 11.6 Å². The van der Waals surface area contributed by atoms with Crippen molar-refractivity contribution in [2.24, 2.45) is 5.84 Å². The van der Waals surface area contributed by atoms with Crippen LogP contribution in [0.15, 0.2) is 18.2 Å². The maximum atomic E-state index is 13.5. The molecule has 0 spiro atoms. The first-order valence-electron chi connectivity index (χ1n) is 5.18. The van der Waals surface area contributed by atoms with Crippen LogP contribution in [-0.4, -0.2) is 11.5 Å². The van der Waals surface area contributed by atoms with Crippen molar-refractivity contribution in [3.8, 4) is 0 Å². The summed E-state index contributed by atoms with van der Waals surface area (Å²) in [5, 5.41) is 0. The van der Waals surface area contributed by atoms with E-state index in [0.717, 1.165) is 18.2 Å². The molecule has 1 unspecified atom stereocenters. The summed E-state index contributed by atoms with van der Waals surface area (Å²) < 4.78 is 26.5. The van der Waals surface area contributed by atoms with E-state index in [0.29, 0.717) is 5.75 Å². The summed E-state index contributed by atoms with van der Waals surface area (Å²) in [5.74, 6) is 5.31. The minimum Gasteiger partial charge on any atom is -0.271 e. The molecular weight excluding hydrogens is 230 g/mol. The van der Waals surface area contributed by atoms with Crippen molar-refractivity contribution >= 4 is 11.8 Å². The van der Waals surface area contributed by atoms with Crippen LogP contribution in [0.2, 0.25) is 0 Å². The molecule has 1 atom stereocenters. The van der Waals surface area contributed by atoms with E-state index < -0.39 is 11.6 Å². The smallest absolute Gasteiger partial charge is 0.163 e. The van der Waals surface area contributed by atoms with E-state index in [1.165, 1.54) is 6.07 Å². The normalized spacial score (nSPS) is 12.8. The average Bonchev–Trinajstić information content (AvgIpc) is 2.29. The largest absolute Gasteiger partial charge is 0.271 e. The Kier molecular flexibility index (Phi) is 5.73. The molecule has 0 saturated carbocycles. The molecule has 0 amide bonds. The number of hydrazine groups is 1. The van der Waals surface area contributed by atoms with Gasteiger partial charge in [-0.05, 0) is 18.2 Å². The fraction of sp³-hybridized carbons (Fsp3) is 0.455. The van der Waals surface area contributed by atoms with Gasteiger partial charge in [0, 0.05) is 11.3 Å². The van der Waals surface area contributed by atoms with Gasteiger partial charge in [-0.25, -0.2) is 8.78 Å². The van der Waals surface area contributed by atoms with E-state index in [1.807, 2.05) is 0 Å². The third-order valence-electron chi connectivity index (χ3n) is 2.19. The predicted molar refractivity (Wildman–Crippen MR) is 64.0 cm³/mol. The highest BCUT2D eigenvalue weighted by Crippen LogP contribution is 2.22. The van der Waals surface area contributed by atoms with Gasteiger partial charge in [0.25, 0.3) is 0 Å². The second-order valence-electron chi connectivity index (χ2n) is 3.44. The zero-order valence-corrected chi connectivity index (χ0v) is 9.99. The Morgan fingerprint density at radius 3 is 2.81 bits per heavy atom. The highest BCUT2D eigenvalue weighted by Gasteiger charge is 2.16. The maximum absolute atomic E-state index is 13.5. The first-order valence-corrected chi connectivity index (χ1v) is 6.34. The average molecular weight is 246 g/mol. The number of benzene rings is 1. The van der Waals surface area contributed by atoms with Gasteiger partial charge < -0.3 is 0 Å². The van der Waals surface area contributed by atoms with E-state index in [4.69, 9.17) is 5.84 Å². The highest BCUT2D eigenvalue weighted by atomic mass is 32.2. The predicted octanol–water partition coefficient (Wildman–Crippen LogP) is 2.61. The Hall–Kier alpha value is -0.650. The van der Waals surface area contributed by atoms with Crippen LogP contribution in [0.3, 0.4) is 0 Å².